The van der Waals surface area contributed by atoms with Crippen LogP contribution in [-0.4, -0.2) is 63.1 Å². The first-order valence-corrected chi connectivity index (χ1v) is 6.17. The number of amides is 1. The van der Waals surface area contributed by atoms with Crippen LogP contribution in [0.15, 0.2) is 6.20 Å². The maximum Gasteiger partial charge on any atom is 0.358 e. The Morgan fingerprint density at radius 3 is 3.05 bits per heavy atom. The number of likely N-dealkylation sites (tertiary alicyclic amines) is 1. The van der Waals surface area contributed by atoms with Gasteiger partial charge in [-0.15, -0.1) is 5.10 Å². The fourth-order valence-electron chi connectivity index (χ4n) is 2.07. The first-order chi connectivity index (χ1) is 9.06. The summed E-state index contributed by atoms with van der Waals surface area (Å²) in [5.41, 5.74) is -0.0528. The Morgan fingerprint density at radius 2 is 2.42 bits per heavy atom. The average Bonchev–Trinajstić information content (AvgIpc) is 2.83. The fourth-order valence-corrected chi connectivity index (χ4v) is 2.07. The number of hydrogen-bond acceptors (Lipinski definition) is 5. The Morgan fingerprint density at radius 1 is 1.63 bits per heavy atom. The van der Waals surface area contributed by atoms with Gasteiger partial charge in [-0.05, 0) is 6.42 Å². The Bertz CT molecular complexity index is 473. The number of piperidine rings is 1. The van der Waals surface area contributed by atoms with Crippen molar-refractivity contribution in [3.63, 3.8) is 0 Å². The number of carbonyl (C=O) groups excluding carboxylic acids is 1. The van der Waals surface area contributed by atoms with E-state index in [2.05, 4.69) is 15.6 Å². The summed E-state index contributed by atoms with van der Waals surface area (Å²) in [6.45, 7) is 1.92. The van der Waals surface area contributed by atoms with Gasteiger partial charge in [0, 0.05) is 32.6 Å². The maximum absolute atomic E-state index is 11.3. The largest absolute Gasteiger partial charge is 0.476 e. The fraction of sp³-hybridized carbons (Fsp3) is 0.636. The minimum absolute atomic E-state index is 0.0528. The second kappa shape index (κ2) is 5.79. The van der Waals surface area contributed by atoms with Gasteiger partial charge in [0.2, 0.25) is 5.91 Å². The van der Waals surface area contributed by atoms with Gasteiger partial charge in [-0.3, -0.25) is 9.48 Å². The summed E-state index contributed by atoms with van der Waals surface area (Å²) in [6.07, 6.45) is 2.81. The number of aromatic carboxylic acids is 1. The van der Waals surface area contributed by atoms with E-state index in [1.807, 2.05) is 0 Å². The summed E-state index contributed by atoms with van der Waals surface area (Å²) in [6, 6.07) is 0.283. The van der Waals surface area contributed by atoms with Crippen LogP contribution in [-0.2, 0) is 11.3 Å². The number of carboxylic acids is 1. The van der Waals surface area contributed by atoms with E-state index < -0.39 is 5.97 Å². The quantitative estimate of drug-likeness (QED) is 0.723. The summed E-state index contributed by atoms with van der Waals surface area (Å²) < 4.78 is 1.49. The molecule has 1 aliphatic heterocycles. The lowest BCUT2D eigenvalue weighted by atomic mass is 10.1. The highest BCUT2D eigenvalue weighted by atomic mass is 16.4. The SMILES string of the molecule is CN1CC(NCCn2cc(C(=O)O)nn2)CCC1=O. The zero-order valence-corrected chi connectivity index (χ0v) is 10.7. The molecule has 1 saturated heterocycles. The van der Waals surface area contributed by atoms with Crippen molar-refractivity contribution in [2.45, 2.75) is 25.4 Å². The van der Waals surface area contributed by atoms with Crippen molar-refractivity contribution in [2.75, 3.05) is 20.1 Å². The van der Waals surface area contributed by atoms with Crippen LogP contribution in [0.25, 0.3) is 0 Å². The first kappa shape index (κ1) is 13.5. The van der Waals surface area contributed by atoms with E-state index in [0.717, 1.165) is 6.42 Å². The number of nitrogens with zero attached hydrogens (tertiary/aromatic N) is 4. The minimum Gasteiger partial charge on any atom is -0.476 e. The van der Waals surface area contributed by atoms with Crippen LogP contribution in [0.2, 0.25) is 0 Å². The van der Waals surface area contributed by atoms with Crippen LogP contribution < -0.4 is 5.32 Å². The molecule has 0 spiro atoms. The summed E-state index contributed by atoms with van der Waals surface area (Å²) in [5.74, 6) is -0.896. The topological polar surface area (TPSA) is 100 Å². The van der Waals surface area contributed by atoms with E-state index in [1.54, 1.807) is 11.9 Å². The minimum atomic E-state index is -1.08. The van der Waals surface area contributed by atoms with Gasteiger partial charge < -0.3 is 15.3 Å². The molecule has 2 N–H and O–H groups in total. The Labute approximate surface area is 110 Å². The molecule has 1 atom stereocenters. The van der Waals surface area contributed by atoms with E-state index in [9.17, 15) is 9.59 Å². The molecular formula is C11H17N5O3. The van der Waals surface area contributed by atoms with Gasteiger partial charge >= 0.3 is 5.97 Å². The third-order valence-corrected chi connectivity index (χ3v) is 3.16. The van der Waals surface area contributed by atoms with Crippen molar-refractivity contribution in [2.24, 2.45) is 0 Å². The summed E-state index contributed by atoms with van der Waals surface area (Å²) >= 11 is 0. The van der Waals surface area contributed by atoms with Gasteiger partial charge in [-0.25, -0.2) is 4.79 Å². The van der Waals surface area contributed by atoms with E-state index >= 15 is 0 Å². The monoisotopic (exact) mass is 267 g/mol. The molecule has 1 aliphatic rings. The molecule has 2 rings (SSSR count). The molecule has 2 heterocycles. The zero-order chi connectivity index (χ0) is 13.8. The zero-order valence-electron chi connectivity index (χ0n) is 10.7. The van der Waals surface area contributed by atoms with Gasteiger partial charge in [0.05, 0.1) is 12.7 Å². The van der Waals surface area contributed by atoms with Gasteiger partial charge in [0.1, 0.15) is 0 Å². The Hall–Kier alpha value is -1.96. The molecule has 1 fully saturated rings. The van der Waals surface area contributed by atoms with Crippen molar-refractivity contribution >= 4 is 11.9 Å². The number of rotatable bonds is 5. The van der Waals surface area contributed by atoms with Crippen LogP contribution in [0.4, 0.5) is 0 Å². The molecule has 0 aromatic carbocycles. The van der Waals surface area contributed by atoms with Crippen LogP contribution in [0, 0.1) is 0 Å². The molecule has 1 aromatic rings. The van der Waals surface area contributed by atoms with Crippen molar-refractivity contribution in [3.8, 4) is 0 Å². The lowest BCUT2D eigenvalue weighted by Gasteiger charge is -2.30. The second-order valence-corrected chi connectivity index (χ2v) is 4.64. The standard InChI is InChI=1S/C11H17N5O3/c1-15-6-8(2-3-10(15)17)12-4-5-16-7-9(11(18)19)13-14-16/h7-8,12H,2-6H2,1H3,(H,18,19). The van der Waals surface area contributed by atoms with Crippen LogP contribution in [0.1, 0.15) is 23.3 Å². The predicted octanol–water partition coefficient (Wildman–Crippen LogP) is -0.813. The van der Waals surface area contributed by atoms with Crippen molar-refractivity contribution < 1.29 is 14.7 Å². The Kier molecular flexibility index (Phi) is 4.10. The van der Waals surface area contributed by atoms with E-state index in [0.29, 0.717) is 26.1 Å². The van der Waals surface area contributed by atoms with E-state index in [4.69, 9.17) is 5.11 Å². The molecule has 8 nitrogen and oxygen atoms in total. The Balaban J connectivity index is 1.74. The highest BCUT2D eigenvalue weighted by Gasteiger charge is 2.22. The second-order valence-electron chi connectivity index (χ2n) is 4.64. The van der Waals surface area contributed by atoms with Gasteiger partial charge in [-0.2, -0.15) is 0 Å². The molecule has 0 radical (unpaired) electrons. The predicted molar refractivity (Wildman–Crippen MR) is 65.6 cm³/mol. The van der Waals surface area contributed by atoms with Crippen molar-refractivity contribution in [1.82, 2.24) is 25.2 Å². The maximum atomic E-state index is 11.3. The summed E-state index contributed by atoms with van der Waals surface area (Å²) in [7, 11) is 1.80. The van der Waals surface area contributed by atoms with Gasteiger partial charge in [0.25, 0.3) is 0 Å². The highest BCUT2D eigenvalue weighted by molar-refractivity contribution is 5.84. The summed E-state index contributed by atoms with van der Waals surface area (Å²) in [5, 5.41) is 19.3. The molecule has 104 valence electrons. The smallest absolute Gasteiger partial charge is 0.358 e. The lowest BCUT2D eigenvalue weighted by Crippen LogP contribution is -2.47. The number of carboxylic acid groups (broad SMARTS) is 1. The highest BCUT2D eigenvalue weighted by Crippen LogP contribution is 2.09. The first-order valence-electron chi connectivity index (χ1n) is 6.17. The summed E-state index contributed by atoms with van der Waals surface area (Å²) in [4.78, 5) is 23.7. The molecular weight excluding hydrogens is 250 g/mol. The average molecular weight is 267 g/mol. The van der Waals surface area contributed by atoms with Crippen LogP contribution in [0.3, 0.4) is 0 Å². The van der Waals surface area contributed by atoms with Gasteiger partial charge in [-0.1, -0.05) is 5.21 Å². The third-order valence-electron chi connectivity index (χ3n) is 3.16. The number of carbonyl (C=O) groups is 2. The number of nitrogens with one attached hydrogen (secondary N) is 1. The van der Waals surface area contributed by atoms with Gasteiger partial charge in [0.15, 0.2) is 5.69 Å². The van der Waals surface area contributed by atoms with Crippen molar-refractivity contribution in [1.29, 1.82) is 0 Å². The van der Waals surface area contributed by atoms with Crippen molar-refractivity contribution in [3.05, 3.63) is 11.9 Å². The van der Waals surface area contributed by atoms with E-state index in [-0.39, 0.29) is 17.6 Å². The molecule has 1 unspecified atom stereocenters. The molecule has 1 aromatic heterocycles. The van der Waals surface area contributed by atoms with Crippen LogP contribution >= 0.6 is 0 Å². The molecule has 19 heavy (non-hydrogen) atoms. The molecule has 0 aliphatic carbocycles. The van der Waals surface area contributed by atoms with Crippen LogP contribution in [0.5, 0.6) is 0 Å². The number of likely N-dealkylation sites (N-methyl/N-ethyl adjacent to an activating group) is 1. The number of hydrogen-bond donors (Lipinski definition) is 2. The third kappa shape index (κ3) is 3.50. The van der Waals surface area contributed by atoms with E-state index in [1.165, 1.54) is 10.9 Å². The molecule has 0 saturated carbocycles. The molecule has 0 bridgehead atoms. The number of aromatic nitrogens is 3. The lowest BCUT2D eigenvalue weighted by molar-refractivity contribution is -0.132. The normalized spacial score (nSPS) is 19.7. The molecule has 1 amide bonds. The molecule has 8 heteroatoms.